The number of amides is 1. The van der Waals surface area contributed by atoms with E-state index in [1.807, 2.05) is 52.8 Å². The fourth-order valence-corrected chi connectivity index (χ4v) is 1.87. The number of nitrogens with two attached hydrogens (primary N) is 1. The molecule has 0 radical (unpaired) electrons. The number of carbonyl (C=O) groups is 1. The molecule has 0 unspecified atom stereocenters. The Morgan fingerprint density at radius 3 is 2.37 bits per heavy atom. The van der Waals surface area contributed by atoms with Gasteiger partial charge in [0.1, 0.15) is 5.60 Å². The fourth-order valence-electron chi connectivity index (χ4n) is 1.87. The number of ether oxygens (including phenoxy) is 1. The van der Waals surface area contributed by atoms with Gasteiger partial charge in [0.2, 0.25) is 0 Å². The minimum atomic E-state index is -0.453. The number of nitrogen functional groups attached to an aromatic ring is 1. The van der Waals surface area contributed by atoms with Crippen LogP contribution >= 0.6 is 0 Å². The number of hydrogen-bond acceptors (Lipinski definition) is 3. The maximum absolute atomic E-state index is 11.9. The van der Waals surface area contributed by atoms with Crippen LogP contribution in [0.15, 0.2) is 18.2 Å². The molecule has 0 atom stereocenters. The van der Waals surface area contributed by atoms with Crippen LogP contribution in [0.4, 0.5) is 10.5 Å². The molecule has 4 nitrogen and oxygen atoms in total. The number of fused-ring (bicyclic) bond motifs is 1. The molecule has 0 spiro atoms. The van der Waals surface area contributed by atoms with E-state index in [0.717, 1.165) is 16.8 Å². The summed E-state index contributed by atoms with van der Waals surface area (Å²) in [6, 6.07) is 5.74. The molecule has 0 saturated heterocycles. The number of nitrogens with zero attached hydrogens (tertiary/aromatic N) is 1. The molecule has 19 heavy (non-hydrogen) atoms. The molecule has 0 aromatic heterocycles. The van der Waals surface area contributed by atoms with E-state index in [1.54, 1.807) is 4.90 Å². The largest absolute Gasteiger partial charge is 0.444 e. The summed E-state index contributed by atoms with van der Waals surface area (Å²) >= 11 is 0. The van der Waals surface area contributed by atoms with Gasteiger partial charge < -0.3 is 10.5 Å². The number of benzene rings is 1. The molecule has 2 N–H and O–H groups in total. The molecular weight excluding hydrogens is 240 g/mol. The summed E-state index contributed by atoms with van der Waals surface area (Å²) < 4.78 is 5.34. The molecule has 0 bridgehead atoms. The molecule has 0 saturated carbocycles. The zero-order valence-corrected chi connectivity index (χ0v) is 12.5. The van der Waals surface area contributed by atoms with E-state index in [-0.39, 0.29) is 6.09 Å². The monoisotopic (exact) mass is 264 g/mol. The third-order valence-electron chi connectivity index (χ3n) is 2.60. The first kappa shape index (κ1) is 15.3. The molecule has 1 heterocycles. The molecule has 1 aliphatic heterocycles. The molecule has 2 rings (SSSR count). The highest BCUT2D eigenvalue weighted by molar-refractivity contribution is 5.69. The number of rotatable bonds is 0. The molecule has 4 heteroatoms. The summed E-state index contributed by atoms with van der Waals surface area (Å²) in [5.74, 6) is 0. The molecule has 1 aliphatic rings. The number of anilines is 1. The van der Waals surface area contributed by atoms with Gasteiger partial charge in [-0.3, -0.25) is 4.90 Å². The Hall–Kier alpha value is -1.71. The van der Waals surface area contributed by atoms with Crippen LogP contribution in [0.1, 0.15) is 45.7 Å². The zero-order valence-electron chi connectivity index (χ0n) is 12.5. The molecule has 106 valence electrons. The second-order valence-electron chi connectivity index (χ2n) is 5.36. The molecule has 0 aliphatic carbocycles. The van der Waals surface area contributed by atoms with E-state index in [4.69, 9.17) is 10.5 Å². The van der Waals surface area contributed by atoms with Gasteiger partial charge >= 0.3 is 6.09 Å². The lowest BCUT2D eigenvalue weighted by atomic mass is 10.1. The van der Waals surface area contributed by atoms with Crippen molar-refractivity contribution in [2.75, 3.05) is 5.73 Å². The normalized spacial score (nSPS) is 13.4. The summed E-state index contributed by atoms with van der Waals surface area (Å²) in [5, 5.41) is 0. The lowest BCUT2D eigenvalue weighted by Gasteiger charge is -2.24. The van der Waals surface area contributed by atoms with E-state index in [0.29, 0.717) is 13.1 Å². The van der Waals surface area contributed by atoms with E-state index >= 15 is 0 Å². The molecule has 1 aromatic rings. The average Bonchev–Trinajstić information content (AvgIpc) is 2.72. The van der Waals surface area contributed by atoms with Gasteiger partial charge in [-0.2, -0.15) is 0 Å². The highest BCUT2D eigenvalue weighted by atomic mass is 16.6. The maximum Gasteiger partial charge on any atom is 0.410 e. The first-order chi connectivity index (χ1) is 8.85. The van der Waals surface area contributed by atoms with Crippen molar-refractivity contribution < 1.29 is 9.53 Å². The summed E-state index contributed by atoms with van der Waals surface area (Å²) in [5.41, 5.74) is 8.25. The van der Waals surface area contributed by atoms with Crippen LogP contribution in [0.5, 0.6) is 0 Å². The van der Waals surface area contributed by atoms with E-state index in [2.05, 4.69) is 0 Å². The van der Waals surface area contributed by atoms with Crippen LogP contribution in [-0.2, 0) is 17.8 Å². The highest BCUT2D eigenvalue weighted by Gasteiger charge is 2.27. The van der Waals surface area contributed by atoms with Crippen molar-refractivity contribution in [2.24, 2.45) is 0 Å². The Kier molecular flexibility index (Phi) is 4.81. The quantitative estimate of drug-likeness (QED) is 0.729. The lowest BCUT2D eigenvalue weighted by Crippen LogP contribution is -2.33. The second kappa shape index (κ2) is 5.95. The SMILES string of the molecule is CC.CC(C)(C)OC(=O)N1Cc2ccc(N)cc2C1. The van der Waals surface area contributed by atoms with Gasteiger partial charge in [0.15, 0.2) is 0 Å². The summed E-state index contributed by atoms with van der Waals surface area (Å²) in [4.78, 5) is 13.6. The van der Waals surface area contributed by atoms with E-state index < -0.39 is 5.60 Å². The van der Waals surface area contributed by atoms with Gasteiger partial charge in [-0.25, -0.2) is 4.79 Å². The summed E-state index contributed by atoms with van der Waals surface area (Å²) in [7, 11) is 0. The first-order valence-corrected chi connectivity index (χ1v) is 6.70. The van der Waals surface area contributed by atoms with E-state index in [1.165, 1.54) is 0 Å². The van der Waals surface area contributed by atoms with Gasteiger partial charge in [-0.15, -0.1) is 0 Å². The number of hydrogen-bond donors (Lipinski definition) is 1. The minimum Gasteiger partial charge on any atom is -0.444 e. The molecule has 0 fully saturated rings. The van der Waals surface area contributed by atoms with Crippen molar-refractivity contribution in [1.82, 2.24) is 4.90 Å². The van der Waals surface area contributed by atoms with Crippen LogP contribution in [0.2, 0.25) is 0 Å². The second-order valence-corrected chi connectivity index (χ2v) is 5.36. The van der Waals surface area contributed by atoms with Crippen LogP contribution in [-0.4, -0.2) is 16.6 Å². The highest BCUT2D eigenvalue weighted by Crippen LogP contribution is 2.26. The smallest absolute Gasteiger partial charge is 0.410 e. The molecule has 1 aromatic carbocycles. The van der Waals surface area contributed by atoms with Gasteiger partial charge in [0.25, 0.3) is 0 Å². The lowest BCUT2D eigenvalue weighted by molar-refractivity contribution is 0.0242. The summed E-state index contributed by atoms with van der Waals surface area (Å²) in [6.45, 7) is 10.8. The van der Waals surface area contributed by atoms with Crippen LogP contribution < -0.4 is 5.73 Å². The Morgan fingerprint density at radius 2 is 1.79 bits per heavy atom. The van der Waals surface area contributed by atoms with Crippen molar-refractivity contribution in [3.63, 3.8) is 0 Å². The fraction of sp³-hybridized carbons (Fsp3) is 0.533. The van der Waals surface area contributed by atoms with Gasteiger partial charge in [0.05, 0.1) is 0 Å². The Morgan fingerprint density at radius 1 is 1.21 bits per heavy atom. The Labute approximate surface area is 115 Å². The third-order valence-corrected chi connectivity index (χ3v) is 2.60. The topological polar surface area (TPSA) is 55.6 Å². The van der Waals surface area contributed by atoms with Crippen molar-refractivity contribution in [3.05, 3.63) is 29.3 Å². The Balaban J connectivity index is 0.000000861. The maximum atomic E-state index is 11.9. The predicted octanol–water partition coefficient (Wildman–Crippen LogP) is 3.55. The third kappa shape index (κ3) is 4.16. The predicted molar refractivity (Wildman–Crippen MR) is 77.7 cm³/mol. The standard InChI is InChI=1S/C13H18N2O2.C2H6/c1-13(2,3)17-12(16)15-7-9-4-5-11(14)6-10(9)8-15;1-2/h4-6H,7-8,14H2,1-3H3;1-2H3. The zero-order chi connectivity index (χ0) is 14.6. The summed E-state index contributed by atoms with van der Waals surface area (Å²) in [6.07, 6.45) is -0.271. The molecule has 1 amide bonds. The minimum absolute atomic E-state index is 0.271. The van der Waals surface area contributed by atoms with Crippen LogP contribution in [0, 0.1) is 0 Å². The first-order valence-electron chi connectivity index (χ1n) is 6.70. The van der Waals surface area contributed by atoms with E-state index in [9.17, 15) is 4.79 Å². The van der Waals surface area contributed by atoms with Crippen LogP contribution in [0.3, 0.4) is 0 Å². The van der Waals surface area contributed by atoms with Gasteiger partial charge in [-0.1, -0.05) is 19.9 Å². The van der Waals surface area contributed by atoms with Crippen molar-refractivity contribution in [2.45, 2.75) is 53.3 Å². The van der Waals surface area contributed by atoms with Gasteiger partial charge in [0, 0.05) is 18.8 Å². The van der Waals surface area contributed by atoms with Crippen molar-refractivity contribution >= 4 is 11.8 Å². The van der Waals surface area contributed by atoms with Crippen molar-refractivity contribution in [1.29, 1.82) is 0 Å². The Bertz CT molecular complexity index is 450. The van der Waals surface area contributed by atoms with Crippen molar-refractivity contribution in [3.8, 4) is 0 Å². The van der Waals surface area contributed by atoms with Gasteiger partial charge in [-0.05, 0) is 44.0 Å². The van der Waals surface area contributed by atoms with Crippen LogP contribution in [0.25, 0.3) is 0 Å². The molecular formula is C15H24N2O2. The number of carbonyl (C=O) groups excluding carboxylic acids is 1. The average molecular weight is 264 g/mol.